The van der Waals surface area contributed by atoms with Gasteiger partial charge in [0.1, 0.15) is 0 Å². The smallest absolute Gasteiger partial charge is 0.0210 e. The number of rotatable bonds is 1. The van der Waals surface area contributed by atoms with Crippen LogP contribution in [-0.2, 0) is 0 Å². The summed E-state index contributed by atoms with van der Waals surface area (Å²) in [4.78, 5) is 0. The molecule has 1 aromatic rings. The lowest BCUT2D eigenvalue weighted by molar-refractivity contribution is 0.169. The molecule has 0 bridgehead atoms. The molecule has 1 saturated heterocycles. The number of benzene rings is 1. The Balaban J connectivity index is 1.97. The largest absolute Gasteiger partial charge is 0.316 e. The second-order valence-corrected chi connectivity index (χ2v) is 6.45. The van der Waals surface area contributed by atoms with E-state index in [2.05, 4.69) is 45.5 Å². The molecule has 3 rings (SSSR count). The summed E-state index contributed by atoms with van der Waals surface area (Å²) in [7, 11) is 0. The van der Waals surface area contributed by atoms with Crippen LogP contribution in [0.15, 0.2) is 28.7 Å². The fourth-order valence-corrected chi connectivity index (χ4v) is 4.41. The maximum atomic E-state index is 3.73. The lowest BCUT2D eigenvalue weighted by Gasteiger charge is -2.42. The van der Waals surface area contributed by atoms with Crippen LogP contribution < -0.4 is 5.32 Å². The summed E-state index contributed by atoms with van der Waals surface area (Å²) in [5, 5.41) is 3.59. The molecule has 0 aromatic heterocycles. The van der Waals surface area contributed by atoms with E-state index in [1.165, 1.54) is 48.7 Å². The number of nitrogens with one attached hydrogen (secondary N) is 1. The highest BCUT2D eigenvalue weighted by Crippen LogP contribution is 2.53. The monoisotopic (exact) mass is 293 g/mol. The zero-order chi connectivity index (χ0) is 11.7. The number of hydrogen-bond donors (Lipinski definition) is 1. The molecule has 1 heterocycles. The van der Waals surface area contributed by atoms with Crippen LogP contribution in [0, 0.1) is 5.41 Å². The normalized spacial score (nSPS) is 27.5. The number of halogens is 1. The zero-order valence-corrected chi connectivity index (χ0v) is 11.8. The molecule has 1 nitrogen and oxygen atoms in total. The average Bonchev–Trinajstić information content (AvgIpc) is 2.80. The van der Waals surface area contributed by atoms with Crippen molar-refractivity contribution in [2.75, 3.05) is 13.1 Å². The van der Waals surface area contributed by atoms with Crippen molar-refractivity contribution >= 4 is 15.9 Å². The number of hydrogen-bond acceptors (Lipinski definition) is 1. The quantitative estimate of drug-likeness (QED) is 0.822. The van der Waals surface area contributed by atoms with Crippen LogP contribution in [0.2, 0.25) is 0 Å². The molecule has 1 aliphatic heterocycles. The summed E-state index contributed by atoms with van der Waals surface area (Å²) < 4.78 is 1.29. The van der Waals surface area contributed by atoms with E-state index in [0.717, 1.165) is 6.54 Å². The van der Waals surface area contributed by atoms with Gasteiger partial charge in [0.25, 0.3) is 0 Å². The Morgan fingerprint density at radius 1 is 1.12 bits per heavy atom. The third kappa shape index (κ3) is 2.06. The van der Waals surface area contributed by atoms with Crippen LogP contribution in [0.25, 0.3) is 0 Å². The minimum Gasteiger partial charge on any atom is -0.316 e. The van der Waals surface area contributed by atoms with Crippen LogP contribution in [0.1, 0.15) is 43.6 Å². The summed E-state index contributed by atoms with van der Waals surface area (Å²) in [5.41, 5.74) is 2.11. The molecule has 1 aliphatic carbocycles. The molecule has 92 valence electrons. The van der Waals surface area contributed by atoms with Gasteiger partial charge in [0.05, 0.1) is 0 Å². The highest BCUT2D eigenvalue weighted by molar-refractivity contribution is 9.10. The van der Waals surface area contributed by atoms with Crippen LogP contribution in [-0.4, -0.2) is 13.1 Å². The van der Waals surface area contributed by atoms with Crippen molar-refractivity contribution in [3.8, 4) is 0 Å². The van der Waals surface area contributed by atoms with E-state index in [1.54, 1.807) is 0 Å². The molecule has 1 spiro atoms. The molecule has 2 fully saturated rings. The van der Waals surface area contributed by atoms with Gasteiger partial charge in [-0.2, -0.15) is 0 Å². The summed E-state index contributed by atoms with van der Waals surface area (Å²) in [5.74, 6) is 0.703. The molecule has 1 saturated carbocycles. The molecule has 0 radical (unpaired) electrons. The number of piperidine rings is 1. The van der Waals surface area contributed by atoms with E-state index in [4.69, 9.17) is 0 Å². The summed E-state index contributed by atoms with van der Waals surface area (Å²) in [6.07, 6.45) is 7.09. The third-order valence-corrected chi connectivity index (χ3v) is 5.49. The van der Waals surface area contributed by atoms with Gasteiger partial charge in [-0.15, -0.1) is 0 Å². The first kappa shape index (κ1) is 11.7. The molecular formula is C15H20BrN. The average molecular weight is 294 g/mol. The molecule has 0 amide bonds. The Kier molecular flexibility index (Phi) is 3.27. The van der Waals surface area contributed by atoms with Crippen molar-refractivity contribution in [3.05, 3.63) is 34.3 Å². The third-order valence-electron chi connectivity index (χ3n) is 4.77. The van der Waals surface area contributed by atoms with Gasteiger partial charge in [-0.05, 0) is 42.9 Å². The molecule has 1 aromatic carbocycles. The van der Waals surface area contributed by atoms with Crippen molar-refractivity contribution in [3.63, 3.8) is 0 Å². The molecule has 17 heavy (non-hydrogen) atoms. The first-order valence-corrected chi connectivity index (χ1v) is 7.56. The topological polar surface area (TPSA) is 12.0 Å². The lowest BCUT2D eigenvalue weighted by atomic mass is 9.67. The predicted molar refractivity (Wildman–Crippen MR) is 75.3 cm³/mol. The van der Waals surface area contributed by atoms with Gasteiger partial charge in [0.2, 0.25) is 0 Å². The summed E-state index contributed by atoms with van der Waals surface area (Å²) in [6.45, 7) is 2.36. The van der Waals surface area contributed by atoms with E-state index in [-0.39, 0.29) is 0 Å². The van der Waals surface area contributed by atoms with E-state index < -0.39 is 0 Å². The maximum absolute atomic E-state index is 3.73. The van der Waals surface area contributed by atoms with Crippen LogP contribution in [0.4, 0.5) is 0 Å². The van der Waals surface area contributed by atoms with Crippen molar-refractivity contribution in [2.45, 2.75) is 38.0 Å². The lowest BCUT2D eigenvalue weighted by Crippen LogP contribution is -2.42. The van der Waals surface area contributed by atoms with E-state index >= 15 is 0 Å². The molecule has 1 unspecified atom stereocenters. The fourth-order valence-electron chi connectivity index (χ4n) is 3.85. The molecule has 1 N–H and O–H groups in total. The Morgan fingerprint density at radius 3 is 2.65 bits per heavy atom. The first-order chi connectivity index (χ1) is 8.32. The second-order valence-electron chi connectivity index (χ2n) is 5.60. The van der Waals surface area contributed by atoms with Crippen molar-refractivity contribution in [1.82, 2.24) is 5.32 Å². The van der Waals surface area contributed by atoms with Gasteiger partial charge in [-0.25, -0.2) is 0 Å². The van der Waals surface area contributed by atoms with E-state index in [0.29, 0.717) is 11.3 Å². The van der Waals surface area contributed by atoms with Gasteiger partial charge in [0, 0.05) is 16.9 Å². The molecule has 1 atom stereocenters. The van der Waals surface area contributed by atoms with Gasteiger partial charge >= 0.3 is 0 Å². The first-order valence-electron chi connectivity index (χ1n) is 6.77. The standard InChI is InChI=1S/C15H20BrN/c16-14-6-2-1-5-12(14)13-11-17-10-9-15(13)7-3-4-8-15/h1-2,5-6,13,17H,3-4,7-11H2. The fraction of sp³-hybridized carbons (Fsp3) is 0.600. The zero-order valence-electron chi connectivity index (χ0n) is 10.2. The summed E-state index contributed by atoms with van der Waals surface area (Å²) >= 11 is 3.73. The molecule has 2 heteroatoms. The van der Waals surface area contributed by atoms with E-state index in [9.17, 15) is 0 Å². The highest BCUT2D eigenvalue weighted by atomic mass is 79.9. The molecule has 2 aliphatic rings. The Bertz CT molecular complexity index is 396. The van der Waals surface area contributed by atoms with Gasteiger partial charge in [0.15, 0.2) is 0 Å². The van der Waals surface area contributed by atoms with Gasteiger partial charge in [-0.3, -0.25) is 0 Å². The van der Waals surface area contributed by atoms with Gasteiger partial charge in [-0.1, -0.05) is 47.0 Å². The van der Waals surface area contributed by atoms with Crippen molar-refractivity contribution in [2.24, 2.45) is 5.41 Å². The Hall–Kier alpha value is -0.340. The van der Waals surface area contributed by atoms with Crippen LogP contribution in [0.3, 0.4) is 0 Å². The maximum Gasteiger partial charge on any atom is 0.0210 e. The van der Waals surface area contributed by atoms with E-state index in [1.807, 2.05) is 0 Å². The minimum absolute atomic E-state index is 0.592. The van der Waals surface area contributed by atoms with Crippen LogP contribution >= 0.6 is 15.9 Å². The SMILES string of the molecule is Brc1ccccc1C1CNCCC12CCCC2. The Morgan fingerprint density at radius 2 is 1.88 bits per heavy atom. The second kappa shape index (κ2) is 4.74. The highest BCUT2D eigenvalue weighted by Gasteiger charge is 2.43. The molecular weight excluding hydrogens is 274 g/mol. The van der Waals surface area contributed by atoms with Gasteiger partial charge < -0.3 is 5.32 Å². The summed E-state index contributed by atoms with van der Waals surface area (Å²) in [6, 6.07) is 8.79. The minimum atomic E-state index is 0.592. The van der Waals surface area contributed by atoms with Crippen molar-refractivity contribution in [1.29, 1.82) is 0 Å². The predicted octanol–water partition coefficient (Wildman–Crippen LogP) is 4.09. The van der Waals surface area contributed by atoms with Crippen LogP contribution in [0.5, 0.6) is 0 Å². The van der Waals surface area contributed by atoms with Crippen molar-refractivity contribution < 1.29 is 0 Å². The Labute approximate surface area is 112 Å².